The van der Waals surface area contributed by atoms with Crippen molar-refractivity contribution in [3.8, 4) is 5.75 Å². The van der Waals surface area contributed by atoms with Crippen LogP contribution < -0.4 is 5.63 Å². The summed E-state index contributed by atoms with van der Waals surface area (Å²) < 4.78 is 6.21. The van der Waals surface area contributed by atoms with E-state index in [2.05, 4.69) is 4.98 Å². The summed E-state index contributed by atoms with van der Waals surface area (Å²) in [5, 5.41) is 12.6. The van der Waals surface area contributed by atoms with Gasteiger partial charge in [0, 0.05) is 33.8 Å². The van der Waals surface area contributed by atoms with Crippen LogP contribution in [0.3, 0.4) is 0 Å². The summed E-state index contributed by atoms with van der Waals surface area (Å²) in [5.74, 6) is 0.769. The number of aromatic nitrogens is 1. The topological polar surface area (TPSA) is 63.3 Å². The van der Waals surface area contributed by atoms with Crippen LogP contribution in [0, 0.1) is 13.8 Å². The van der Waals surface area contributed by atoms with Crippen molar-refractivity contribution in [2.24, 2.45) is 0 Å². The highest BCUT2D eigenvalue weighted by atomic mass is 32.2. The van der Waals surface area contributed by atoms with Crippen molar-refractivity contribution in [2.75, 3.05) is 0 Å². The first-order valence-corrected chi connectivity index (χ1v) is 8.21. The lowest BCUT2D eigenvalue weighted by atomic mass is 10.1. The normalized spacial score (nSPS) is 11.1. The summed E-state index contributed by atoms with van der Waals surface area (Å²) in [4.78, 5) is 16.1. The van der Waals surface area contributed by atoms with Gasteiger partial charge in [0.05, 0.1) is 0 Å². The number of phenolic OH excluding ortho intramolecular Hbond substituents is 1. The fourth-order valence-corrected chi connectivity index (χ4v) is 3.91. The first kappa shape index (κ1) is 14.2. The standard InChI is InChI=1S/C15H13NO3S2/c1-8-6-20-15(16-8)21-7-10-5-13(18)19-14-9(2)12(17)4-3-11(10)14/h3-6,17H,7H2,1-2H3. The highest BCUT2D eigenvalue weighted by molar-refractivity contribution is 8.00. The Morgan fingerprint density at radius 2 is 2.19 bits per heavy atom. The number of aromatic hydroxyl groups is 1. The van der Waals surface area contributed by atoms with Gasteiger partial charge in [-0.3, -0.25) is 0 Å². The summed E-state index contributed by atoms with van der Waals surface area (Å²) in [6.07, 6.45) is 0. The fourth-order valence-electron chi connectivity index (χ4n) is 2.07. The molecule has 3 rings (SSSR count). The van der Waals surface area contributed by atoms with Crippen molar-refractivity contribution in [2.45, 2.75) is 23.9 Å². The molecule has 4 nitrogen and oxygen atoms in total. The Labute approximate surface area is 129 Å². The van der Waals surface area contributed by atoms with Crippen molar-refractivity contribution >= 4 is 34.1 Å². The van der Waals surface area contributed by atoms with Gasteiger partial charge in [0.2, 0.25) is 0 Å². The third kappa shape index (κ3) is 2.82. The van der Waals surface area contributed by atoms with Crippen molar-refractivity contribution in [3.63, 3.8) is 0 Å². The van der Waals surface area contributed by atoms with Crippen LogP contribution in [-0.2, 0) is 5.75 Å². The lowest BCUT2D eigenvalue weighted by Crippen LogP contribution is -2.00. The number of phenols is 1. The van der Waals surface area contributed by atoms with Gasteiger partial charge in [-0.2, -0.15) is 0 Å². The zero-order chi connectivity index (χ0) is 15.0. The average Bonchev–Trinajstić information content (AvgIpc) is 2.86. The number of benzene rings is 1. The molecule has 1 N–H and O–H groups in total. The third-order valence-corrected chi connectivity index (χ3v) is 5.35. The molecule has 2 heterocycles. The molecule has 0 aliphatic carbocycles. The summed E-state index contributed by atoms with van der Waals surface area (Å²) in [5.41, 5.74) is 2.53. The molecule has 0 aliphatic rings. The molecule has 2 aromatic heterocycles. The number of thioether (sulfide) groups is 1. The summed E-state index contributed by atoms with van der Waals surface area (Å²) >= 11 is 3.19. The van der Waals surface area contributed by atoms with E-state index in [9.17, 15) is 9.90 Å². The predicted molar refractivity (Wildman–Crippen MR) is 85.3 cm³/mol. The number of rotatable bonds is 3. The van der Waals surface area contributed by atoms with Gasteiger partial charge in [-0.05, 0) is 31.5 Å². The minimum atomic E-state index is -0.401. The minimum Gasteiger partial charge on any atom is -0.508 e. The van der Waals surface area contributed by atoms with Gasteiger partial charge in [0.25, 0.3) is 0 Å². The van der Waals surface area contributed by atoms with Crippen LogP contribution in [-0.4, -0.2) is 10.1 Å². The van der Waals surface area contributed by atoms with Crippen LogP contribution in [0.1, 0.15) is 16.8 Å². The average molecular weight is 319 g/mol. The number of nitrogens with zero attached hydrogens (tertiary/aromatic N) is 1. The maximum absolute atomic E-state index is 11.7. The minimum absolute atomic E-state index is 0.131. The van der Waals surface area contributed by atoms with E-state index in [4.69, 9.17) is 4.42 Å². The van der Waals surface area contributed by atoms with Crippen LogP contribution in [0.2, 0.25) is 0 Å². The van der Waals surface area contributed by atoms with Gasteiger partial charge in [-0.1, -0.05) is 11.8 Å². The Balaban J connectivity index is 2.01. The summed E-state index contributed by atoms with van der Waals surface area (Å²) in [7, 11) is 0. The van der Waals surface area contributed by atoms with Crippen molar-refractivity contribution in [1.82, 2.24) is 4.98 Å². The molecule has 0 unspecified atom stereocenters. The maximum atomic E-state index is 11.7. The molecule has 0 radical (unpaired) electrons. The number of aryl methyl sites for hydroxylation is 2. The fraction of sp³-hybridized carbons (Fsp3) is 0.200. The molecular weight excluding hydrogens is 306 g/mol. The highest BCUT2D eigenvalue weighted by Gasteiger charge is 2.11. The molecule has 0 fully saturated rings. The van der Waals surface area contributed by atoms with E-state index in [1.807, 2.05) is 12.3 Å². The van der Waals surface area contributed by atoms with Crippen LogP contribution in [0.4, 0.5) is 0 Å². The second-order valence-electron chi connectivity index (χ2n) is 4.72. The van der Waals surface area contributed by atoms with Gasteiger partial charge in [-0.15, -0.1) is 11.3 Å². The van der Waals surface area contributed by atoms with Crippen LogP contribution >= 0.6 is 23.1 Å². The van der Waals surface area contributed by atoms with E-state index in [1.165, 1.54) is 6.07 Å². The second kappa shape index (κ2) is 5.54. The lowest BCUT2D eigenvalue weighted by molar-refractivity contribution is 0.468. The molecule has 0 bridgehead atoms. The third-order valence-electron chi connectivity index (χ3n) is 3.17. The van der Waals surface area contributed by atoms with E-state index >= 15 is 0 Å². The number of hydrogen-bond donors (Lipinski definition) is 1. The molecule has 0 atom stereocenters. The number of hydrogen-bond acceptors (Lipinski definition) is 6. The van der Waals surface area contributed by atoms with Crippen molar-refractivity contribution < 1.29 is 9.52 Å². The molecule has 3 aromatic rings. The highest BCUT2D eigenvalue weighted by Crippen LogP contribution is 2.31. The van der Waals surface area contributed by atoms with Gasteiger partial charge >= 0.3 is 5.63 Å². The Hall–Kier alpha value is -1.79. The largest absolute Gasteiger partial charge is 0.508 e. The Morgan fingerprint density at radius 3 is 2.90 bits per heavy atom. The lowest BCUT2D eigenvalue weighted by Gasteiger charge is -2.07. The van der Waals surface area contributed by atoms with Crippen molar-refractivity contribution in [3.05, 3.63) is 50.8 Å². The van der Waals surface area contributed by atoms with Gasteiger partial charge in [0.15, 0.2) is 0 Å². The molecule has 0 saturated heterocycles. The van der Waals surface area contributed by atoms with Crippen LogP contribution in [0.5, 0.6) is 5.75 Å². The predicted octanol–water partition coefficient (Wildman–Crippen LogP) is 3.86. The Bertz CT molecular complexity index is 867. The maximum Gasteiger partial charge on any atom is 0.336 e. The van der Waals surface area contributed by atoms with E-state index in [0.29, 0.717) is 16.9 Å². The quantitative estimate of drug-likeness (QED) is 0.586. The van der Waals surface area contributed by atoms with E-state index in [0.717, 1.165) is 21.0 Å². The zero-order valence-corrected chi connectivity index (χ0v) is 13.2. The smallest absolute Gasteiger partial charge is 0.336 e. The second-order valence-corrected chi connectivity index (χ2v) is 6.80. The van der Waals surface area contributed by atoms with Crippen LogP contribution in [0.25, 0.3) is 11.0 Å². The molecular formula is C15H13NO3S2. The molecule has 108 valence electrons. The molecule has 21 heavy (non-hydrogen) atoms. The number of thiazole rings is 1. The number of fused-ring (bicyclic) bond motifs is 1. The summed E-state index contributed by atoms with van der Waals surface area (Å²) in [6, 6.07) is 4.91. The van der Waals surface area contributed by atoms with E-state index < -0.39 is 5.63 Å². The molecule has 1 aromatic carbocycles. The SMILES string of the molecule is Cc1csc(SCc2cc(=O)oc3c(C)c(O)ccc23)n1. The molecule has 0 aliphatic heterocycles. The first-order valence-electron chi connectivity index (χ1n) is 6.35. The Kier molecular flexibility index (Phi) is 3.73. The zero-order valence-electron chi connectivity index (χ0n) is 11.5. The monoisotopic (exact) mass is 319 g/mol. The van der Waals surface area contributed by atoms with Crippen molar-refractivity contribution in [1.29, 1.82) is 0 Å². The van der Waals surface area contributed by atoms with Crippen LogP contribution in [0.15, 0.2) is 37.1 Å². The van der Waals surface area contributed by atoms with Gasteiger partial charge in [-0.25, -0.2) is 9.78 Å². The van der Waals surface area contributed by atoms with E-state index in [1.54, 1.807) is 42.2 Å². The van der Waals surface area contributed by atoms with Gasteiger partial charge < -0.3 is 9.52 Å². The molecule has 6 heteroatoms. The summed E-state index contributed by atoms with van der Waals surface area (Å²) in [6.45, 7) is 3.70. The first-order chi connectivity index (χ1) is 10.0. The van der Waals surface area contributed by atoms with Gasteiger partial charge in [0.1, 0.15) is 15.7 Å². The Morgan fingerprint density at radius 1 is 1.38 bits per heavy atom. The molecule has 0 saturated carbocycles. The molecule has 0 spiro atoms. The van der Waals surface area contributed by atoms with E-state index in [-0.39, 0.29) is 5.75 Å². The molecule has 0 amide bonds.